The molecule has 2 N–H and O–H groups in total. The molecule has 0 aliphatic heterocycles. The maximum atomic E-state index is 12.6. The Morgan fingerprint density at radius 3 is 2.60 bits per heavy atom. The lowest BCUT2D eigenvalue weighted by Gasteiger charge is -2.16. The Labute approximate surface area is 114 Å². The van der Waals surface area contributed by atoms with E-state index < -0.39 is 26.5 Å². The number of sulfone groups is 1. The minimum Gasteiger partial charge on any atom is -0.374 e. The smallest absolute Gasteiger partial charge is 0.341 e. The highest BCUT2D eigenvalue weighted by Gasteiger charge is 2.29. The van der Waals surface area contributed by atoms with E-state index in [2.05, 4.69) is 20.5 Å². The first-order chi connectivity index (χ1) is 9.43. The first-order valence-corrected chi connectivity index (χ1v) is 7.20. The van der Waals surface area contributed by atoms with Crippen molar-refractivity contribution in [1.82, 2.24) is 15.2 Å². The molecule has 0 spiro atoms. The van der Waals surface area contributed by atoms with Crippen LogP contribution in [0.5, 0.6) is 0 Å². The number of anilines is 1. The van der Waals surface area contributed by atoms with E-state index in [9.17, 15) is 17.2 Å². The zero-order chi connectivity index (χ0) is 14.8. The summed E-state index contributed by atoms with van der Waals surface area (Å²) >= 11 is 0. The highest BCUT2D eigenvalue weighted by atomic mass is 32.2. The van der Waals surface area contributed by atoms with Crippen LogP contribution in [0.4, 0.5) is 14.5 Å². The van der Waals surface area contributed by atoms with Crippen molar-refractivity contribution in [3.8, 4) is 0 Å². The molecule has 0 aliphatic carbocycles. The van der Waals surface area contributed by atoms with Crippen LogP contribution in [-0.4, -0.2) is 29.4 Å². The molecule has 2 rings (SSSR count). The van der Waals surface area contributed by atoms with Crippen LogP contribution < -0.4 is 5.32 Å². The third-order valence-corrected chi connectivity index (χ3v) is 4.08. The largest absolute Gasteiger partial charge is 0.374 e. The molecule has 6 nitrogen and oxygen atoms in total. The third-order valence-electron chi connectivity index (χ3n) is 2.64. The SMILES string of the molecule is CC(Nc1ccccc1S(=O)(=O)C(F)F)c1ncn[nH]1. The van der Waals surface area contributed by atoms with Crippen molar-refractivity contribution < 1.29 is 17.2 Å². The molecule has 0 saturated heterocycles. The van der Waals surface area contributed by atoms with E-state index in [-0.39, 0.29) is 5.69 Å². The van der Waals surface area contributed by atoms with Gasteiger partial charge in [-0.05, 0) is 19.1 Å². The number of halogens is 2. The molecule has 20 heavy (non-hydrogen) atoms. The Kier molecular flexibility index (Phi) is 3.98. The number of rotatable bonds is 5. The second-order valence-electron chi connectivity index (χ2n) is 4.04. The number of nitrogens with zero attached hydrogens (tertiary/aromatic N) is 2. The van der Waals surface area contributed by atoms with E-state index in [4.69, 9.17) is 0 Å². The number of hydrogen-bond donors (Lipinski definition) is 2. The van der Waals surface area contributed by atoms with Gasteiger partial charge in [-0.3, -0.25) is 5.10 Å². The van der Waals surface area contributed by atoms with Crippen molar-refractivity contribution in [3.63, 3.8) is 0 Å². The van der Waals surface area contributed by atoms with Gasteiger partial charge in [-0.2, -0.15) is 13.9 Å². The number of para-hydroxylation sites is 1. The van der Waals surface area contributed by atoms with Gasteiger partial charge in [-0.25, -0.2) is 13.4 Å². The summed E-state index contributed by atoms with van der Waals surface area (Å²) in [4.78, 5) is 3.47. The molecule has 0 radical (unpaired) electrons. The summed E-state index contributed by atoms with van der Waals surface area (Å²) in [5.74, 6) is -3.00. The molecular formula is C11H12F2N4O2S. The molecule has 9 heteroatoms. The van der Waals surface area contributed by atoms with Gasteiger partial charge >= 0.3 is 5.76 Å². The zero-order valence-electron chi connectivity index (χ0n) is 10.4. The molecule has 1 heterocycles. The second-order valence-corrected chi connectivity index (χ2v) is 5.92. The van der Waals surface area contributed by atoms with Gasteiger partial charge in [-0.15, -0.1) is 0 Å². The maximum absolute atomic E-state index is 12.6. The molecule has 0 fully saturated rings. The van der Waals surface area contributed by atoms with Crippen LogP contribution >= 0.6 is 0 Å². The summed E-state index contributed by atoms with van der Waals surface area (Å²) in [6.45, 7) is 1.70. The van der Waals surface area contributed by atoms with Crippen molar-refractivity contribution >= 4 is 15.5 Å². The van der Waals surface area contributed by atoms with Crippen LogP contribution in [0.15, 0.2) is 35.5 Å². The molecule has 2 aromatic rings. The Morgan fingerprint density at radius 2 is 2.00 bits per heavy atom. The summed E-state index contributed by atoms with van der Waals surface area (Å²) in [5, 5.41) is 9.11. The topological polar surface area (TPSA) is 87.7 Å². The Morgan fingerprint density at radius 1 is 1.30 bits per heavy atom. The van der Waals surface area contributed by atoms with Gasteiger partial charge in [0.25, 0.3) is 0 Å². The lowest BCUT2D eigenvalue weighted by Crippen LogP contribution is -2.16. The van der Waals surface area contributed by atoms with E-state index in [0.717, 1.165) is 6.07 Å². The molecule has 0 amide bonds. The quantitative estimate of drug-likeness (QED) is 0.881. The van der Waals surface area contributed by atoms with E-state index in [1.807, 2.05) is 0 Å². The Hall–Kier alpha value is -2.03. The second kappa shape index (κ2) is 5.53. The average Bonchev–Trinajstić information content (AvgIpc) is 2.93. The van der Waals surface area contributed by atoms with Crippen molar-refractivity contribution in [1.29, 1.82) is 0 Å². The van der Waals surface area contributed by atoms with Crippen LogP contribution in [0.1, 0.15) is 18.8 Å². The maximum Gasteiger partial charge on any atom is 0.341 e. The van der Waals surface area contributed by atoms with Crippen molar-refractivity contribution in [2.45, 2.75) is 23.6 Å². The van der Waals surface area contributed by atoms with Crippen molar-refractivity contribution in [3.05, 3.63) is 36.4 Å². The fraction of sp³-hybridized carbons (Fsp3) is 0.273. The third kappa shape index (κ3) is 2.77. The van der Waals surface area contributed by atoms with Crippen LogP contribution in [0.3, 0.4) is 0 Å². The average molecular weight is 302 g/mol. The summed E-state index contributed by atoms with van der Waals surface area (Å²) < 4.78 is 48.5. The number of aromatic nitrogens is 3. The monoisotopic (exact) mass is 302 g/mol. The van der Waals surface area contributed by atoms with Crippen LogP contribution in [-0.2, 0) is 9.84 Å². The van der Waals surface area contributed by atoms with Gasteiger partial charge in [0.15, 0.2) is 0 Å². The lowest BCUT2D eigenvalue weighted by atomic mass is 10.2. The first kappa shape index (κ1) is 14.4. The molecule has 108 valence electrons. The highest BCUT2D eigenvalue weighted by molar-refractivity contribution is 7.91. The van der Waals surface area contributed by atoms with Crippen LogP contribution in [0.25, 0.3) is 0 Å². The summed E-state index contributed by atoms with van der Waals surface area (Å²) in [5.41, 5.74) is 0.0942. The van der Waals surface area contributed by atoms with Crippen LogP contribution in [0, 0.1) is 0 Å². The van der Waals surface area contributed by atoms with Gasteiger partial charge in [0.1, 0.15) is 12.2 Å². The number of alkyl halides is 2. The van der Waals surface area contributed by atoms with Crippen molar-refractivity contribution in [2.75, 3.05) is 5.32 Å². The summed E-state index contributed by atoms with van der Waals surface area (Å²) in [6.07, 6.45) is 1.30. The fourth-order valence-corrected chi connectivity index (χ4v) is 2.55. The number of hydrogen-bond acceptors (Lipinski definition) is 5. The molecule has 0 saturated carbocycles. The number of H-pyrrole nitrogens is 1. The lowest BCUT2D eigenvalue weighted by molar-refractivity contribution is 0.235. The molecule has 1 unspecified atom stereocenters. The fourth-order valence-electron chi connectivity index (χ4n) is 1.66. The van der Waals surface area contributed by atoms with Gasteiger partial charge in [0.05, 0.1) is 16.6 Å². The molecular weight excluding hydrogens is 290 g/mol. The van der Waals surface area contributed by atoms with E-state index >= 15 is 0 Å². The predicted molar refractivity (Wildman–Crippen MR) is 68.1 cm³/mol. The zero-order valence-corrected chi connectivity index (χ0v) is 11.2. The minimum absolute atomic E-state index is 0.0942. The summed E-state index contributed by atoms with van der Waals surface area (Å²) in [7, 11) is -4.66. The predicted octanol–water partition coefficient (Wildman–Crippen LogP) is 1.97. The number of benzene rings is 1. The summed E-state index contributed by atoms with van der Waals surface area (Å²) in [6, 6.07) is 5.09. The Bertz CT molecular complexity index is 673. The molecule has 0 bridgehead atoms. The highest BCUT2D eigenvalue weighted by Crippen LogP contribution is 2.28. The number of aromatic amines is 1. The van der Waals surface area contributed by atoms with Crippen molar-refractivity contribution in [2.24, 2.45) is 0 Å². The van der Waals surface area contributed by atoms with Gasteiger partial charge in [-0.1, -0.05) is 12.1 Å². The standard InChI is InChI=1S/C11H12F2N4O2S/c1-7(10-14-6-15-17-10)16-8-4-2-3-5-9(8)20(18,19)11(12)13/h2-7,11,16H,1H3,(H,14,15,17). The van der Waals surface area contributed by atoms with E-state index in [1.165, 1.54) is 18.5 Å². The van der Waals surface area contributed by atoms with E-state index in [0.29, 0.717) is 5.82 Å². The molecule has 1 aromatic carbocycles. The van der Waals surface area contributed by atoms with Gasteiger partial charge in [0, 0.05) is 0 Å². The van der Waals surface area contributed by atoms with E-state index in [1.54, 1.807) is 13.0 Å². The number of nitrogens with one attached hydrogen (secondary N) is 2. The van der Waals surface area contributed by atoms with Gasteiger partial charge in [0.2, 0.25) is 9.84 Å². The first-order valence-electron chi connectivity index (χ1n) is 5.66. The molecule has 0 aliphatic rings. The minimum atomic E-state index is -4.66. The molecule has 1 aromatic heterocycles. The normalized spacial score (nSPS) is 13.4. The Balaban J connectivity index is 2.34. The van der Waals surface area contributed by atoms with Gasteiger partial charge < -0.3 is 5.32 Å². The molecule has 1 atom stereocenters. The van der Waals surface area contributed by atoms with Crippen LogP contribution in [0.2, 0.25) is 0 Å².